The summed E-state index contributed by atoms with van der Waals surface area (Å²) in [4.78, 5) is 11.2. The van der Waals surface area contributed by atoms with Crippen molar-refractivity contribution in [3.05, 3.63) is 15.5 Å². The fourth-order valence-electron chi connectivity index (χ4n) is 1.06. The van der Waals surface area contributed by atoms with Gasteiger partial charge in [-0.3, -0.25) is 4.68 Å². The van der Waals surface area contributed by atoms with Crippen molar-refractivity contribution in [2.24, 2.45) is 0 Å². The molecule has 0 bridgehead atoms. The third-order valence-corrected chi connectivity index (χ3v) is 2.95. The Kier molecular flexibility index (Phi) is 3.29. The molecule has 1 rings (SSSR count). The number of methoxy groups -OCH3 is 1. The topological polar surface area (TPSA) is 44.1 Å². The lowest BCUT2D eigenvalue weighted by Crippen LogP contribution is -2.19. The van der Waals surface area contributed by atoms with E-state index in [1.807, 2.05) is 6.92 Å². The molecule has 0 radical (unpaired) electrons. The minimum atomic E-state index is -0.353. The van der Waals surface area contributed by atoms with Gasteiger partial charge in [0.25, 0.3) is 0 Å². The Morgan fingerprint density at radius 1 is 1.77 bits per heavy atom. The highest BCUT2D eigenvalue weighted by Gasteiger charge is 2.18. The van der Waals surface area contributed by atoms with Crippen LogP contribution in [0.4, 0.5) is 0 Å². The molecule has 1 aromatic heterocycles. The first-order valence-corrected chi connectivity index (χ1v) is 4.93. The van der Waals surface area contributed by atoms with Crippen molar-refractivity contribution in [2.75, 3.05) is 7.11 Å². The number of nitrogens with zero attached hydrogens (tertiary/aromatic N) is 2. The number of rotatable bonds is 2. The highest BCUT2D eigenvalue weighted by atomic mass is 127. The van der Waals surface area contributed by atoms with Crippen LogP contribution in [0.1, 0.15) is 18.7 Å². The second kappa shape index (κ2) is 4.08. The van der Waals surface area contributed by atoms with Crippen LogP contribution >= 0.6 is 22.6 Å². The van der Waals surface area contributed by atoms with Gasteiger partial charge >= 0.3 is 5.97 Å². The first kappa shape index (κ1) is 10.5. The van der Waals surface area contributed by atoms with Gasteiger partial charge < -0.3 is 4.74 Å². The van der Waals surface area contributed by atoms with Crippen LogP contribution in [0.25, 0.3) is 0 Å². The van der Waals surface area contributed by atoms with Crippen molar-refractivity contribution >= 4 is 28.6 Å². The Bertz CT molecular complexity index is 322. The van der Waals surface area contributed by atoms with E-state index in [0.29, 0.717) is 0 Å². The van der Waals surface area contributed by atoms with E-state index in [1.165, 1.54) is 7.11 Å². The van der Waals surface area contributed by atoms with Gasteiger partial charge in [0.1, 0.15) is 6.04 Å². The Morgan fingerprint density at radius 3 is 2.77 bits per heavy atom. The second-order valence-corrected chi connectivity index (χ2v) is 3.88. The molecule has 0 aliphatic rings. The van der Waals surface area contributed by atoms with Gasteiger partial charge in [-0.15, -0.1) is 0 Å². The van der Waals surface area contributed by atoms with Gasteiger partial charge in [-0.1, -0.05) is 0 Å². The van der Waals surface area contributed by atoms with E-state index >= 15 is 0 Å². The van der Waals surface area contributed by atoms with Crippen LogP contribution in [0.2, 0.25) is 0 Å². The smallest absolute Gasteiger partial charge is 0.330 e. The van der Waals surface area contributed by atoms with Crippen LogP contribution in [0.3, 0.4) is 0 Å². The maximum Gasteiger partial charge on any atom is 0.330 e. The summed E-state index contributed by atoms with van der Waals surface area (Å²) in [5.41, 5.74) is 0.985. The molecule has 1 aromatic rings. The predicted octanol–water partition coefficient (Wildman–Crippen LogP) is 1.53. The van der Waals surface area contributed by atoms with Gasteiger partial charge in [-0.05, 0) is 36.4 Å². The number of aromatic nitrogens is 2. The lowest BCUT2D eigenvalue weighted by atomic mass is 10.3. The molecule has 0 aromatic carbocycles. The van der Waals surface area contributed by atoms with Crippen LogP contribution in [0, 0.1) is 10.5 Å². The third-order valence-electron chi connectivity index (χ3n) is 1.89. The van der Waals surface area contributed by atoms with Crippen LogP contribution in [0.5, 0.6) is 0 Å². The zero-order valence-corrected chi connectivity index (χ0v) is 9.90. The first-order valence-electron chi connectivity index (χ1n) is 3.85. The van der Waals surface area contributed by atoms with Gasteiger partial charge in [-0.25, -0.2) is 4.79 Å². The molecule has 0 saturated carbocycles. The molecule has 0 spiro atoms. The molecule has 5 heteroatoms. The second-order valence-electron chi connectivity index (χ2n) is 2.72. The molecule has 0 aliphatic carbocycles. The van der Waals surface area contributed by atoms with Crippen molar-refractivity contribution in [1.29, 1.82) is 0 Å². The Morgan fingerprint density at radius 2 is 2.38 bits per heavy atom. The van der Waals surface area contributed by atoms with Crippen LogP contribution < -0.4 is 0 Å². The molecule has 1 heterocycles. The molecule has 0 unspecified atom stereocenters. The first-order chi connectivity index (χ1) is 6.07. The van der Waals surface area contributed by atoms with E-state index in [9.17, 15) is 4.79 Å². The molecule has 4 nitrogen and oxygen atoms in total. The summed E-state index contributed by atoms with van der Waals surface area (Å²) in [6.45, 7) is 3.69. The van der Waals surface area contributed by atoms with Gasteiger partial charge in [0, 0.05) is 5.69 Å². The number of hydrogen-bond acceptors (Lipinski definition) is 3. The number of esters is 1. The van der Waals surface area contributed by atoms with Gasteiger partial charge in [-0.2, -0.15) is 5.10 Å². The molecular weight excluding hydrogens is 283 g/mol. The van der Waals surface area contributed by atoms with Crippen molar-refractivity contribution in [3.63, 3.8) is 0 Å². The highest BCUT2D eigenvalue weighted by molar-refractivity contribution is 14.1. The molecule has 0 aliphatic heterocycles. The van der Waals surface area contributed by atoms with Gasteiger partial charge in [0.2, 0.25) is 0 Å². The molecule has 0 N–H and O–H groups in total. The fraction of sp³-hybridized carbons (Fsp3) is 0.500. The summed E-state index contributed by atoms with van der Waals surface area (Å²) >= 11 is 2.18. The average Bonchev–Trinajstić information content (AvgIpc) is 2.45. The average molecular weight is 294 g/mol. The molecule has 0 amide bonds. The summed E-state index contributed by atoms with van der Waals surface area (Å²) in [6, 6.07) is -0.353. The minimum Gasteiger partial charge on any atom is -0.467 e. The molecular formula is C8H11IN2O2. The standard InChI is InChI=1S/C8H11IN2O2/c1-5-7(9)4-10-11(5)6(2)8(12)13-3/h4,6H,1-3H3/t6-/m0/s1. The third kappa shape index (κ3) is 2.01. The summed E-state index contributed by atoms with van der Waals surface area (Å²) < 4.78 is 7.34. The molecule has 72 valence electrons. The summed E-state index contributed by atoms with van der Waals surface area (Å²) in [5.74, 6) is -0.275. The lowest BCUT2D eigenvalue weighted by molar-refractivity contribution is -0.144. The Balaban J connectivity index is 2.95. The van der Waals surface area contributed by atoms with Gasteiger partial charge in [0.15, 0.2) is 0 Å². The minimum absolute atomic E-state index is 0.275. The lowest BCUT2D eigenvalue weighted by Gasteiger charge is -2.11. The van der Waals surface area contributed by atoms with E-state index in [1.54, 1.807) is 17.8 Å². The maximum absolute atomic E-state index is 11.2. The van der Waals surface area contributed by atoms with E-state index in [2.05, 4.69) is 32.4 Å². The Hall–Kier alpha value is -0.590. The molecule has 1 atom stereocenters. The SMILES string of the molecule is COC(=O)[C@H](C)n1ncc(I)c1C. The quantitative estimate of drug-likeness (QED) is 0.614. The number of carbonyl (C=O) groups is 1. The normalized spacial score (nSPS) is 12.6. The monoisotopic (exact) mass is 294 g/mol. The zero-order valence-electron chi connectivity index (χ0n) is 7.74. The number of ether oxygens (including phenoxy) is 1. The van der Waals surface area contributed by atoms with Crippen LogP contribution in [0.15, 0.2) is 6.20 Å². The summed E-state index contributed by atoms with van der Waals surface area (Å²) in [7, 11) is 1.38. The highest BCUT2D eigenvalue weighted by Crippen LogP contribution is 2.15. The number of hydrogen-bond donors (Lipinski definition) is 0. The number of halogens is 1. The summed E-state index contributed by atoms with van der Waals surface area (Å²) in [5, 5.41) is 4.09. The summed E-state index contributed by atoms with van der Waals surface area (Å²) in [6.07, 6.45) is 1.73. The molecule has 0 saturated heterocycles. The van der Waals surface area contributed by atoms with E-state index in [-0.39, 0.29) is 12.0 Å². The van der Waals surface area contributed by atoms with E-state index in [0.717, 1.165) is 9.26 Å². The molecule has 13 heavy (non-hydrogen) atoms. The fourth-order valence-corrected chi connectivity index (χ4v) is 1.43. The van der Waals surface area contributed by atoms with Crippen molar-refractivity contribution < 1.29 is 9.53 Å². The molecule has 0 fully saturated rings. The zero-order chi connectivity index (χ0) is 10.0. The van der Waals surface area contributed by atoms with E-state index in [4.69, 9.17) is 0 Å². The van der Waals surface area contributed by atoms with Gasteiger partial charge in [0.05, 0.1) is 16.9 Å². The van der Waals surface area contributed by atoms with E-state index < -0.39 is 0 Å². The predicted molar refractivity (Wildman–Crippen MR) is 56.4 cm³/mol. The Labute approximate surface area is 90.4 Å². The largest absolute Gasteiger partial charge is 0.467 e. The van der Waals surface area contributed by atoms with Crippen LogP contribution in [-0.4, -0.2) is 22.9 Å². The van der Waals surface area contributed by atoms with Crippen molar-refractivity contribution in [3.8, 4) is 0 Å². The van der Waals surface area contributed by atoms with Crippen LogP contribution in [-0.2, 0) is 9.53 Å². The van der Waals surface area contributed by atoms with Crippen molar-refractivity contribution in [1.82, 2.24) is 9.78 Å². The maximum atomic E-state index is 11.2. The number of carbonyl (C=O) groups excluding carboxylic acids is 1. The van der Waals surface area contributed by atoms with Crippen molar-refractivity contribution in [2.45, 2.75) is 19.9 Å².